The van der Waals surface area contributed by atoms with E-state index in [4.69, 9.17) is 9.72 Å². The van der Waals surface area contributed by atoms with Crippen molar-refractivity contribution in [3.8, 4) is 0 Å². The van der Waals surface area contributed by atoms with Gasteiger partial charge in [0.05, 0.1) is 24.6 Å². The first-order valence-electron chi connectivity index (χ1n) is 12.1. The maximum Gasteiger partial charge on any atom is 0.274 e. The number of aromatic nitrogens is 4. The van der Waals surface area contributed by atoms with Gasteiger partial charge in [-0.15, -0.1) is 5.10 Å². The first-order valence-corrected chi connectivity index (χ1v) is 12.1. The highest BCUT2D eigenvalue weighted by atomic mass is 16.5. The van der Waals surface area contributed by atoms with Crippen LogP contribution in [0.3, 0.4) is 0 Å². The van der Waals surface area contributed by atoms with Crippen LogP contribution in [0.2, 0.25) is 0 Å². The van der Waals surface area contributed by atoms with Gasteiger partial charge in [0.1, 0.15) is 0 Å². The third-order valence-corrected chi connectivity index (χ3v) is 6.88. The lowest BCUT2D eigenvalue weighted by molar-refractivity contribution is 0.0410. The summed E-state index contributed by atoms with van der Waals surface area (Å²) in [6, 6.07) is 16.1. The Labute approximate surface area is 203 Å². The summed E-state index contributed by atoms with van der Waals surface area (Å²) in [5.41, 5.74) is 6.18. The fourth-order valence-electron chi connectivity index (χ4n) is 5.08. The van der Waals surface area contributed by atoms with Crippen molar-refractivity contribution in [1.82, 2.24) is 19.6 Å². The Morgan fingerprint density at radius 2 is 1.94 bits per heavy atom. The van der Waals surface area contributed by atoms with Crippen molar-refractivity contribution in [2.45, 2.75) is 32.4 Å². The average molecular weight is 469 g/mol. The molecule has 178 valence electrons. The normalized spacial score (nSPS) is 18.0. The van der Waals surface area contributed by atoms with E-state index in [0.29, 0.717) is 18.8 Å². The number of rotatable bonds is 4. The third-order valence-electron chi connectivity index (χ3n) is 6.88. The molecule has 6 rings (SSSR count). The second kappa shape index (κ2) is 9.11. The fourth-order valence-corrected chi connectivity index (χ4v) is 5.08. The molecule has 1 fully saturated rings. The zero-order chi connectivity index (χ0) is 23.8. The highest BCUT2D eigenvalue weighted by Crippen LogP contribution is 2.28. The van der Waals surface area contributed by atoms with Gasteiger partial charge in [-0.05, 0) is 35.7 Å². The number of anilines is 2. The zero-order valence-electron chi connectivity index (χ0n) is 19.8. The number of nitrogens with zero attached hydrogens (tertiary/aromatic N) is 6. The summed E-state index contributed by atoms with van der Waals surface area (Å²) in [7, 11) is 0. The minimum absolute atomic E-state index is 0.162. The standard InChI is InChI=1S/C27H28N6O2/c1-19-13-25-28-9-7-26(34)33(25)30-27(19)32-10-8-24-21(17-32)15-22(16-29-24)31-11-12-35-23(18-31)14-20-5-3-2-4-6-20/h2-7,9,13,15-16,23H,8,10-12,14,17-18H2,1H3. The van der Waals surface area contributed by atoms with Crippen LogP contribution < -0.4 is 15.4 Å². The number of morpholine rings is 1. The van der Waals surface area contributed by atoms with Crippen molar-refractivity contribution < 1.29 is 4.74 Å². The average Bonchev–Trinajstić information content (AvgIpc) is 2.89. The Hall–Kier alpha value is -3.78. The Balaban J connectivity index is 1.23. The van der Waals surface area contributed by atoms with E-state index in [1.807, 2.05) is 25.3 Å². The molecule has 2 aliphatic rings. The number of aryl methyl sites for hydroxylation is 1. The molecule has 0 saturated carbocycles. The predicted molar refractivity (Wildman–Crippen MR) is 135 cm³/mol. The molecule has 0 spiro atoms. The van der Waals surface area contributed by atoms with E-state index in [2.05, 4.69) is 50.2 Å². The van der Waals surface area contributed by atoms with Crippen LogP contribution in [0.25, 0.3) is 5.65 Å². The van der Waals surface area contributed by atoms with Crippen LogP contribution in [0, 0.1) is 6.92 Å². The molecule has 5 heterocycles. The second-order valence-corrected chi connectivity index (χ2v) is 9.30. The number of pyridine rings is 1. The molecule has 0 aliphatic carbocycles. The lowest BCUT2D eigenvalue weighted by Crippen LogP contribution is -2.43. The Morgan fingerprint density at radius 1 is 1.06 bits per heavy atom. The predicted octanol–water partition coefficient (Wildman–Crippen LogP) is 2.80. The first kappa shape index (κ1) is 21.7. The summed E-state index contributed by atoms with van der Waals surface area (Å²) >= 11 is 0. The largest absolute Gasteiger partial charge is 0.374 e. The van der Waals surface area contributed by atoms with Crippen molar-refractivity contribution in [3.63, 3.8) is 0 Å². The van der Waals surface area contributed by atoms with Crippen molar-refractivity contribution in [2.75, 3.05) is 36.0 Å². The van der Waals surface area contributed by atoms with Crippen LogP contribution >= 0.6 is 0 Å². The van der Waals surface area contributed by atoms with Gasteiger partial charge >= 0.3 is 0 Å². The van der Waals surface area contributed by atoms with Crippen molar-refractivity contribution in [3.05, 3.63) is 93.7 Å². The topological polar surface area (TPSA) is 75.9 Å². The number of benzene rings is 1. The summed E-state index contributed by atoms with van der Waals surface area (Å²) in [6.07, 6.45) is 5.44. The molecule has 35 heavy (non-hydrogen) atoms. The van der Waals surface area contributed by atoms with Gasteiger partial charge in [0.25, 0.3) is 5.56 Å². The van der Waals surface area contributed by atoms with E-state index in [-0.39, 0.29) is 11.7 Å². The molecule has 0 bridgehead atoms. The van der Waals surface area contributed by atoms with Gasteiger partial charge in [-0.1, -0.05) is 30.3 Å². The SMILES string of the molecule is Cc1cc2nccc(=O)n2nc1N1CCc2ncc(N3CCOC(Cc4ccccc4)C3)cc2C1. The van der Waals surface area contributed by atoms with Crippen LogP contribution in [-0.2, 0) is 24.1 Å². The van der Waals surface area contributed by atoms with Crippen LogP contribution in [0.4, 0.5) is 11.5 Å². The molecule has 8 heteroatoms. The maximum absolute atomic E-state index is 12.3. The summed E-state index contributed by atoms with van der Waals surface area (Å²) in [5.74, 6) is 0.818. The summed E-state index contributed by atoms with van der Waals surface area (Å²) in [6.45, 7) is 5.96. The fraction of sp³-hybridized carbons (Fsp3) is 0.333. The molecule has 8 nitrogen and oxygen atoms in total. The van der Waals surface area contributed by atoms with Gasteiger partial charge in [-0.25, -0.2) is 4.98 Å². The van der Waals surface area contributed by atoms with E-state index in [9.17, 15) is 4.79 Å². The maximum atomic E-state index is 12.3. The molecule has 3 aromatic heterocycles. The molecule has 0 N–H and O–H groups in total. The monoisotopic (exact) mass is 468 g/mol. The number of fused-ring (bicyclic) bond motifs is 2. The summed E-state index contributed by atoms with van der Waals surface area (Å²) in [4.78, 5) is 26.0. The molecule has 4 aromatic rings. The number of hydrogen-bond donors (Lipinski definition) is 0. The van der Waals surface area contributed by atoms with Gasteiger partial charge in [0.2, 0.25) is 0 Å². The van der Waals surface area contributed by atoms with Crippen LogP contribution in [0.1, 0.15) is 22.4 Å². The highest BCUT2D eigenvalue weighted by molar-refractivity contribution is 5.55. The van der Waals surface area contributed by atoms with Gasteiger partial charge in [0, 0.05) is 57.0 Å². The van der Waals surface area contributed by atoms with E-state index < -0.39 is 0 Å². The molecule has 0 radical (unpaired) electrons. The van der Waals surface area contributed by atoms with Crippen LogP contribution in [-0.4, -0.2) is 51.9 Å². The minimum Gasteiger partial charge on any atom is -0.374 e. The van der Waals surface area contributed by atoms with Gasteiger partial charge in [-0.2, -0.15) is 4.52 Å². The number of hydrogen-bond acceptors (Lipinski definition) is 7. The van der Waals surface area contributed by atoms with E-state index in [1.54, 1.807) is 0 Å². The first-order chi connectivity index (χ1) is 17.1. The lowest BCUT2D eigenvalue weighted by Gasteiger charge is -2.36. The Bertz CT molecular complexity index is 1420. The molecular formula is C27H28N6O2. The highest BCUT2D eigenvalue weighted by Gasteiger charge is 2.25. The van der Waals surface area contributed by atoms with E-state index in [1.165, 1.54) is 27.9 Å². The van der Waals surface area contributed by atoms with E-state index >= 15 is 0 Å². The molecule has 1 atom stereocenters. The minimum atomic E-state index is -0.171. The van der Waals surface area contributed by atoms with E-state index in [0.717, 1.165) is 55.2 Å². The molecule has 1 saturated heterocycles. The Kier molecular flexibility index (Phi) is 5.66. The van der Waals surface area contributed by atoms with Crippen molar-refractivity contribution >= 4 is 17.2 Å². The summed E-state index contributed by atoms with van der Waals surface area (Å²) < 4.78 is 7.45. The molecule has 1 unspecified atom stereocenters. The molecule has 2 aliphatic heterocycles. The zero-order valence-corrected chi connectivity index (χ0v) is 19.8. The van der Waals surface area contributed by atoms with Crippen LogP contribution in [0.5, 0.6) is 0 Å². The molecule has 1 aromatic carbocycles. The molecule has 0 amide bonds. The van der Waals surface area contributed by atoms with Crippen LogP contribution in [0.15, 0.2) is 65.7 Å². The molecular weight excluding hydrogens is 440 g/mol. The number of ether oxygens (including phenoxy) is 1. The lowest BCUT2D eigenvalue weighted by atomic mass is 10.0. The Morgan fingerprint density at radius 3 is 2.83 bits per heavy atom. The second-order valence-electron chi connectivity index (χ2n) is 9.30. The smallest absolute Gasteiger partial charge is 0.274 e. The van der Waals surface area contributed by atoms with Crippen molar-refractivity contribution in [1.29, 1.82) is 0 Å². The van der Waals surface area contributed by atoms with Gasteiger partial charge in [-0.3, -0.25) is 9.78 Å². The van der Waals surface area contributed by atoms with Gasteiger partial charge in [0.15, 0.2) is 11.5 Å². The van der Waals surface area contributed by atoms with Gasteiger partial charge < -0.3 is 14.5 Å². The quantitative estimate of drug-likeness (QED) is 0.456. The van der Waals surface area contributed by atoms with Crippen molar-refractivity contribution in [2.24, 2.45) is 0 Å². The third kappa shape index (κ3) is 4.37. The summed E-state index contributed by atoms with van der Waals surface area (Å²) in [5, 5.41) is 4.65.